The Morgan fingerprint density at radius 2 is 1.55 bits per heavy atom. The van der Waals surface area contributed by atoms with Gasteiger partial charge in [0, 0.05) is 37.2 Å². The summed E-state index contributed by atoms with van der Waals surface area (Å²) in [5, 5.41) is 3.59. The van der Waals surface area contributed by atoms with Gasteiger partial charge in [0.25, 0.3) is 0 Å². The molecule has 9 nitrogen and oxygen atoms in total. The Bertz CT molecular complexity index is 1840. The first kappa shape index (κ1) is 43.3. The number of piperidine rings is 1. The van der Waals surface area contributed by atoms with Gasteiger partial charge in [-0.15, -0.1) is 0 Å². The zero-order chi connectivity index (χ0) is 40.8. The fourth-order valence-electron chi connectivity index (χ4n) is 6.70. The third-order valence-electron chi connectivity index (χ3n) is 9.45. The van der Waals surface area contributed by atoms with E-state index in [1.165, 1.54) is 0 Å². The highest BCUT2D eigenvalue weighted by Gasteiger charge is 2.43. The van der Waals surface area contributed by atoms with Gasteiger partial charge in [-0.3, -0.25) is 9.59 Å². The van der Waals surface area contributed by atoms with E-state index in [-0.39, 0.29) is 57.1 Å². The number of aryl methyl sites for hydroxylation is 1. The molecule has 0 bridgehead atoms. The molecule has 2 fully saturated rings. The van der Waals surface area contributed by atoms with E-state index in [2.05, 4.69) is 5.32 Å². The minimum Gasteiger partial charge on any atom is -0.490 e. The van der Waals surface area contributed by atoms with Crippen molar-refractivity contribution in [2.24, 2.45) is 5.92 Å². The first-order chi connectivity index (χ1) is 26.4. The Morgan fingerprint density at radius 1 is 0.893 bits per heavy atom. The number of carbonyl (C=O) groups is 3. The number of hydrogen-bond acceptors (Lipinski definition) is 6. The van der Waals surface area contributed by atoms with Crippen molar-refractivity contribution in [3.05, 3.63) is 91.9 Å². The highest BCUT2D eigenvalue weighted by atomic mass is 35.5. The van der Waals surface area contributed by atoms with Gasteiger partial charge in [0.2, 0.25) is 11.8 Å². The van der Waals surface area contributed by atoms with Crippen molar-refractivity contribution in [1.29, 1.82) is 0 Å². The van der Waals surface area contributed by atoms with Gasteiger partial charge in [-0.05, 0) is 112 Å². The smallest absolute Gasteiger partial charge is 0.410 e. The van der Waals surface area contributed by atoms with Crippen LogP contribution in [0.5, 0.6) is 11.5 Å². The molecule has 56 heavy (non-hydrogen) atoms. The van der Waals surface area contributed by atoms with Crippen molar-refractivity contribution >= 4 is 52.7 Å². The van der Waals surface area contributed by atoms with E-state index < -0.39 is 36.1 Å². The molecule has 15 heteroatoms. The number of carbonyl (C=O) groups excluding carboxylic acids is 3. The molecular formula is C41H47Cl3F3N3O6. The molecule has 1 aliphatic carbocycles. The molecule has 0 spiro atoms. The van der Waals surface area contributed by atoms with Crippen LogP contribution < -0.4 is 14.8 Å². The van der Waals surface area contributed by atoms with Gasteiger partial charge in [0.15, 0.2) is 5.75 Å². The van der Waals surface area contributed by atoms with Crippen molar-refractivity contribution in [2.45, 2.75) is 90.1 Å². The summed E-state index contributed by atoms with van der Waals surface area (Å²) in [5.41, 5.74) is 2.57. The molecule has 2 atom stereocenters. The molecule has 1 saturated carbocycles. The van der Waals surface area contributed by atoms with Crippen molar-refractivity contribution in [3.63, 3.8) is 0 Å². The van der Waals surface area contributed by atoms with Crippen molar-refractivity contribution in [3.8, 4) is 11.5 Å². The van der Waals surface area contributed by atoms with Gasteiger partial charge in [0.1, 0.15) is 31.0 Å². The number of hydrogen-bond donors (Lipinski definition) is 1. The maximum Gasteiger partial charge on any atom is 0.410 e. The van der Waals surface area contributed by atoms with Crippen LogP contribution in [-0.4, -0.2) is 78.4 Å². The lowest BCUT2D eigenvalue weighted by molar-refractivity contribution is -0.153. The Labute approximate surface area is 340 Å². The summed E-state index contributed by atoms with van der Waals surface area (Å²) < 4.78 is 55.1. The molecular weight excluding hydrogens is 794 g/mol. The van der Waals surface area contributed by atoms with Crippen molar-refractivity contribution in [1.82, 2.24) is 15.1 Å². The lowest BCUT2D eigenvalue weighted by Crippen LogP contribution is -2.51. The van der Waals surface area contributed by atoms with Crippen LogP contribution in [0.3, 0.4) is 0 Å². The van der Waals surface area contributed by atoms with E-state index in [4.69, 9.17) is 49.0 Å². The first-order valence-electron chi connectivity index (χ1n) is 18.6. The highest BCUT2D eigenvalue weighted by Crippen LogP contribution is 2.39. The Balaban J connectivity index is 1.29. The van der Waals surface area contributed by atoms with Crippen molar-refractivity contribution < 1.29 is 41.8 Å². The zero-order valence-corrected chi connectivity index (χ0v) is 34.1. The van der Waals surface area contributed by atoms with Crippen LogP contribution >= 0.6 is 34.8 Å². The molecule has 304 valence electrons. The van der Waals surface area contributed by atoms with Crippen LogP contribution in [0.1, 0.15) is 74.6 Å². The van der Waals surface area contributed by atoms with Crippen LogP contribution in [0, 0.1) is 12.8 Å². The average molecular weight is 841 g/mol. The summed E-state index contributed by atoms with van der Waals surface area (Å²) in [5.74, 6) is -1.00. The van der Waals surface area contributed by atoms with E-state index in [1.807, 2.05) is 42.2 Å². The standard InChI is InChI=1S/C41H47Cl3F3N3O6/c1-25-19-34(43)37(35(44)20-25)55-18-17-54-30-10-6-27(7-11-30)31-14-16-49(39(53)56-40(2,3)4)24-32(31)38(52)50(29-8-9-29)23-28-21-26(5-12-33(28)42)13-15-48-36(51)22-41(45,46)47/h5-7,10-12,19-21,29,31-32H,8-9,13-18,22-24H2,1-4H3,(H,48,51)/t31-,32+/m1/s1. The molecule has 0 unspecified atom stereocenters. The summed E-state index contributed by atoms with van der Waals surface area (Å²) in [6.07, 6.45) is -4.17. The van der Waals surface area contributed by atoms with Crippen molar-refractivity contribution in [2.75, 3.05) is 32.8 Å². The molecule has 1 saturated heterocycles. The third-order valence-corrected chi connectivity index (χ3v) is 10.4. The minimum absolute atomic E-state index is 0.0101. The second-order valence-corrected chi connectivity index (χ2v) is 16.5. The maximum absolute atomic E-state index is 14.7. The fourth-order valence-corrected chi connectivity index (χ4v) is 7.58. The SMILES string of the molecule is Cc1cc(Cl)c(OCCOc2ccc([C@H]3CCN(C(=O)OC(C)(C)C)C[C@@H]3C(=O)N(Cc3cc(CCNC(=O)CC(F)(F)F)ccc3Cl)C3CC3)cc2)c(Cl)c1. The van der Waals surface area contributed by atoms with Gasteiger partial charge >= 0.3 is 12.3 Å². The topological polar surface area (TPSA) is 97.4 Å². The molecule has 1 heterocycles. The van der Waals surface area contributed by atoms with E-state index >= 15 is 0 Å². The number of amides is 3. The second kappa shape index (κ2) is 18.6. The maximum atomic E-state index is 14.7. The summed E-state index contributed by atoms with van der Waals surface area (Å²) in [4.78, 5) is 43.1. The predicted octanol–water partition coefficient (Wildman–Crippen LogP) is 9.56. The zero-order valence-electron chi connectivity index (χ0n) is 31.8. The summed E-state index contributed by atoms with van der Waals surface area (Å²) >= 11 is 19.2. The van der Waals surface area contributed by atoms with Gasteiger partial charge in [-0.25, -0.2) is 4.79 Å². The van der Waals surface area contributed by atoms with Gasteiger partial charge in [0.05, 0.1) is 16.0 Å². The Morgan fingerprint density at radius 3 is 2.18 bits per heavy atom. The monoisotopic (exact) mass is 839 g/mol. The number of ether oxygens (including phenoxy) is 3. The molecule has 5 rings (SSSR count). The molecule has 3 aromatic rings. The van der Waals surface area contributed by atoms with Gasteiger partial charge < -0.3 is 29.3 Å². The lowest BCUT2D eigenvalue weighted by Gasteiger charge is -2.40. The van der Waals surface area contributed by atoms with Crippen LogP contribution in [0.4, 0.5) is 18.0 Å². The quantitative estimate of drug-likeness (QED) is 0.163. The van der Waals surface area contributed by atoms with Crippen LogP contribution in [0.15, 0.2) is 54.6 Å². The van der Waals surface area contributed by atoms with Crippen LogP contribution in [-0.2, 0) is 27.3 Å². The molecule has 2 aliphatic rings. The first-order valence-corrected chi connectivity index (χ1v) is 19.7. The van der Waals surface area contributed by atoms with Gasteiger partial charge in [-0.2, -0.15) is 13.2 Å². The number of alkyl halides is 3. The second-order valence-electron chi connectivity index (χ2n) is 15.3. The summed E-state index contributed by atoms with van der Waals surface area (Å²) in [7, 11) is 0. The third kappa shape index (κ3) is 12.6. The minimum atomic E-state index is -4.58. The normalized spacial score (nSPS) is 17.3. The van der Waals surface area contributed by atoms with E-state index in [9.17, 15) is 27.6 Å². The van der Waals surface area contributed by atoms with E-state index in [0.29, 0.717) is 45.1 Å². The van der Waals surface area contributed by atoms with Crippen LogP contribution in [0.2, 0.25) is 15.1 Å². The number of likely N-dealkylation sites (tertiary alicyclic amines) is 1. The number of benzene rings is 3. The number of nitrogens with zero attached hydrogens (tertiary/aromatic N) is 2. The lowest BCUT2D eigenvalue weighted by atomic mass is 9.79. The predicted molar refractivity (Wildman–Crippen MR) is 210 cm³/mol. The largest absolute Gasteiger partial charge is 0.490 e. The molecule has 3 aromatic carbocycles. The summed E-state index contributed by atoms with van der Waals surface area (Å²) in [6.45, 7) is 8.52. The number of nitrogens with one attached hydrogen (secondary N) is 1. The molecule has 0 radical (unpaired) electrons. The number of halogens is 6. The molecule has 1 N–H and O–H groups in total. The Hall–Kier alpha value is -3.87. The van der Waals surface area contributed by atoms with E-state index in [0.717, 1.165) is 29.5 Å². The fraction of sp³-hybridized carbons (Fsp3) is 0.488. The number of rotatable bonds is 14. The average Bonchev–Trinajstić information content (AvgIpc) is 3.95. The van der Waals surface area contributed by atoms with Crippen LogP contribution in [0.25, 0.3) is 0 Å². The Kier molecular flexibility index (Phi) is 14.4. The summed E-state index contributed by atoms with van der Waals surface area (Å²) in [6, 6.07) is 16.4. The molecule has 3 amide bonds. The van der Waals surface area contributed by atoms with E-state index in [1.54, 1.807) is 49.9 Å². The highest BCUT2D eigenvalue weighted by molar-refractivity contribution is 6.37. The molecule has 0 aromatic heterocycles. The molecule has 1 aliphatic heterocycles. The van der Waals surface area contributed by atoms with Gasteiger partial charge in [-0.1, -0.05) is 59.1 Å².